The minimum Gasteiger partial charge on any atom is -0.464 e. The van der Waals surface area contributed by atoms with Crippen molar-refractivity contribution in [2.24, 2.45) is 0 Å². The number of ether oxygens (including phenoxy) is 1. The molecular weight excluding hydrogens is 340 g/mol. The molecule has 0 saturated heterocycles. The molecule has 1 aromatic heterocycles. The van der Waals surface area contributed by atoms with Crippen molar-refractivity contribution < 1.29 is 14.3 Å². The number of amides is 1. The Balaban J connectivity index is 1.74. The lowest BCUT2D eigenvalue weighted by Gasteiger charge is -2.16. The van der Waals surface area contributed by atoms with E-state index >= 15 is 0 Å². The third-order valence-electron chi connectivity index (χ3n) is 4.21. The number of para-hydroxylation sites is 1. The SMILES string of the molecule is CCOC(=O)C(Cc1c[nH]c2ccccc12)NC(=O)/C=C/c1ccccc1. The van der Waals surface area contributed by atoms with Crippen molar-refractivity contribution in [2.45, 2.75) is 19.4 Å². The molecular formula is C22H22N2O3. The van der Waals surface area contributed by atoms with Crippen molar-refractivity contribution in [1.29, 1.82) is 0 Å². The zero-order chi connectivity index (χ0) is 19.1. The molecule has 5 heteroatoms. The molecule has 1 atom stereocenters. The minimum atomic E-state index is -0.753. The molecule has 3 rings (SSSR count). The molecule has 0 aliphatic rings. The number of H-pyrrole nitrogens is 1. The Morgan fingerprint density at radius 3 is 2.63 bits per heavy atom. The second-order valence-electron chi connectivity index (χ2n) is 6.12. The largest absolute Gasteiger partial charge is 0.464 e. The van der Waals surface area contributed by atoms with Gasteiger partial charge in [0.1, 0.15) is 6.04 Å². The lowest BCUT2D eigenvalue weighted by molar-refractivity contribution is -0.146. The van der Waals surface area contributed by atoms with Crippen LogP contribution in [0.1, 0.15) is 18.1 Å². The van der Waals surface area contributed by atoms with Gasteiger partial charge in [-0.25, -0.2) is 4.79 Å². The second-order valence-corrected chi connectivity index (χ2v) is 6.12. The highest BCUT2D eigenvalue weighted by Crippen LogP contribution is 2.19. The maximum atomic E-state index is 12.3. The summed E-state index contributed by atoms with van der Waals surface area (Å²) in [7, 11) is 0. The first-order chi connectivity index (χ1) is 13.2. The molecule has 27 heavy (non-hydrogen) atoms. The summed E-state index contributed by atoms with van der Waals surface area (Å²) in [6.45, 7) is 2.01. The van der Waals surface area contributed by atoms with E-state index in [9.17, 15) is 9.59 Å². The Labute approximate surface area is 158 Å². The van der Waals surface area contributed by atoms with Crippen molar-refractivity contribution in [2.75, 3.05) is 6.61 Å². The number of fused-ring (bicyclic) bond motifs is 1. The van der Waals surface area contributed by atoms with Gasteiger partial charge in [-0.1, -0.05) is 48.5 Å². The Hall–Kier alpha value is -3.34. The van der Waals surface area contributed by atoms with Crippen LogP contribution in [-0.4, -0.2) is 29.5 Å². The van der Waals surface area contributed by atoms with E-state index < -0.39 is 12.0 Å². The summed E-state index contributed by atoms with van der Waals surface area (Å²) in [6.07, 6.45) is 5.36. The maximum Gasteiger partial charge on any atom is 0.328 e. The number of esters is 1. The van der Waals surface area contributed by atoms with Gasteiger partial charge in [-0.15, -0.1) is 0 Å². The molecule has 0 radical (unpaired) electrons. The molecule has 3 aromatic rings. The molecule has 0 bridgehead atoms. The summed E-state index contributed by atoms with van der Waals surface area (Å²) in [6, 6.07) is 16.6. The molecule has 1 unspecified atom stereocenters. The lowest BCUT2D eigenvalue weighted by atomic mass is 10.0. The van der Waals surface area contributed by atoms with Crippen molar-refractivity contribution >= 4 is 28.9 Å². The third kappa shape index (κ3) is 4.85. The summed E-state index contributed by atoms with van der Waals surface area (Å²) in [5.74, 6) is -0.777. The molecule has 0 aliphatic carbocycles. The van der Waals surface area contributed by atoms with Crippen LogP contribution in [0.5, 0.6) is 0 Å². The smallest absolute Gasteiger partial charge is 0.328 e. The number of rotatable bonds is 7. The monoisotopic (exact) mass is 362 g/mol. The van der Waals surface area contributed by atoms with Gasteiger partial charge < -0.3 is 15.0 Å². The summed E-state index contributed by atoms with van der Waals surface area (Å²) in [5, 5.41) is 3.79. The Morgan fingerprint density at radius 2 is 1.85 bits per heavy atom. The zero-order valence-corrected chi connectivity index (χ0v) is 15.1. The predicted octanol–water partition coefficient (Wildman–Crippen LogP) is 3.47. The van der Waals surface area contributed by atoms with Gasteiger partial charge >= 0.3 is 5.97 Å². The van der Waals surface area contributed by atoms with Gasteiger partial charge in [0.15, 0.2) is 0 Å². The van der Waals surface area contributed by atoms with Crippen molar-refractivity contribution in [1.82, 2.24) is 10.3 Å². The van der Waals surface area contributed by atoms with Crippen LogP contribution in [0.4, 0.5) is 0 Å². The number of carbonyl (C=O) groups is 2. The fraction of sp³-hybridized carbons (Fsp3) is 0.182. The van der Waals surface area contributed by atoms with E-state index in [-0.39, 0.29) is 12.5 Å². The van der Waals surface area contributed by atoms with Gasteiger partial charge in [0.2, 0.25) is 5.91 Å². The van der Waals surface area contributed by atoms with Crippen LogP contribution >= 0.6 is 0 Å². The van der Waals surface area contributed by atoms with Crippen LogP contribution in [0.25, 0.3) is 17.0 Å². The fourth-order valence-corrected chi connectivity index (χ4v) is 2.91. The first-order valence-electron chi connectivity index (χ1n) is 8.92. The Kier molecular flexibility index (Phi) is 6.05. The van der Waals surface area contributed by atoms with Gasteiger partial charge in [0.05, 0.1) is 6.61 Å². The van der Waals surface area contributed by atoms with Crippen LogP contribution in [0.3, 0.4) is 0 Å². The lowest BCUT2D eigenvalue weighted by Crippen LogP contribution is -2.42. The topological polar surface area (TPSA) is 71.2 Å². The first kappa shape index (κ1) is 18.5. The van der Waals surface area contributed by atoms with E-state index in [1.165, 1.54) is 6.08 Å². The van der Waals surface area contributed by atoms with E-state index in [1.807, 2.05) is 60.8 Å². The van der Waals surface area contributed by atoms with Gasteiger partial charge in [0, 0.05) is 29.6 Å². The molecule has 1 heterocycles. The fourth-order valence-electron chi connectivity index (χ4n) is 2.91. The average Bonchev–Trinajstić information content (AvgIpc) is 3.10. The van der Waals surface area contributed by atoms with E-state index in [4.69, 9.17) is 4.74 Å². The number of aromatic amines is 1. The van der Waals surface area contributed by atoms with Crippen LogP contribution in [0.15, 0.2) is 66.9 Å². The van der Waals surface area contributed by atoms with Gasteiger partial charge in [-0.05, 0) is 30.2 Å². The van der Waals surface area contributed by atoms with Crippen LogP contribution in [-0.2, 0) is 20.7 Å². The highest BCUT2D eigenvalue weighted by Gasteiger charge is 2.23. The van der Waals surface area contributed by atoms with E-state index in [2.05, 4.69) is 10.3 Å². The van der Waals surface area contributed by atoms with E-state index in [0.29, 0.717) is 6.42 Å². The normalized spacial score (nSPS) is 12.2. The number of nitrogens with one attached hydrogen (secondary N) is 2. The molecule has 0 spiro atoms. The van der Waals surface area contributed by atoms with E-state index in [0.717, 1.165) is 22.0 Å². The van der Waals surface area contributed by atoms with Crippen molar-refractivity contribution in [3.8, 4) is 0 Å². The van der Waals surface area contributed by atoms with Gasteiger partial charge in [-0.2, -0.15) is 0 Å². The molecule has 5 nitrogen and oxygen atoms in total. The number of hydrogen-bond donors (Lipinski definition) is 2. The van der Waals surface area contributed by atoms with Crippen LogP contribution in [0.2, 0.25) is 0 Å². The van der Waals surface area contributed by atoms with Gasteiger partial charge in [0.25, 0.3) is 0 Å². The predicted molar refractivity (Wildman–Crippen MR) is 106 cm³/mol. The highest BCUT2D eigenvalue weighted by molar-refractivity contribution is 5.95. The zero-order valence-electron chi connectivity index (χ0n) is 15.1. The molecule has 1 amide bonds. The van der Waals surface area contributed by atoms with Crippen LogP contribution < -0.4 is 5.32 Å². The van der Waals surface area contributed by atoms with Crippen LogP contribution in [0, 0.1) is 0 Å². The number of benzene rings is 2. The Morgan fingerprint density at radius 1 is 1.11 bits per heavy atom. The minimum absolute atomic E-state index is 0.263. The van der Waals surface area contributed by atoms with Crippen molar-refractivity contribution in [3.05, 3.63) is 78.0 Å². The number of aromatic nitrogens is 1. The molecule has 2 aromatic carbocycles. The number of carbonyl (C=O) groups excluding carboxylic acids is 2. The third-order valence-corrected chi connectivity index (χ3v) is 4.21. The summed E-state index contributed by atoms with van der Waals surface area (Å²) in [5.41, 5.74) is 2.86. The Bertz CT molecular complexity index is 944. The quantitative estimate of drug-likeness (QED) is 0.499. The van der Waals surface area contributed by atoms with E-state index in [1.54, 1.807) is 13.0 Å². The number of hydrogen-bond acceptors (Lipinski definition) is 3. The summed E-state index contributed by atoms with van der Waals surface area (Å²) >= 11 is 0. The maximum absolute atomic E-state index is 12.3. The molecule has 2 N–H and O–H groups in total. The summed E-state index contributed by atoms with van der Waals surface area (Å²) < 4.78 is 5.14. The second kappa shape index (κ2) is 8.85. The molecule has 0 saturated carbocycles. The molecule has 138 valence electrons. The highest BCUT2D eigenvalue weighted by atomic mass is 16.5. The molecule has 0 aliphatic heterocycles. The average molecular weight is 362 g/mol. The van der Waals surface area contributed by atoms with Gasteiger partial charge in [-0.3, -0.25) is 4.79 Å². The first-order valence-corrected chi connectivity index (χ1v) is 8.92. The summed E-state index contributed by atoms with van der Waals surface area (Å²) in [4.78, 5) is 27.8. The molecule has 0 fully saturated rings. The van der Waals surface area contributed by atoms with Crippen molar-refractivity contribution in [3.63, 3.8) is 0 Å². The standard InChI is InChI=1S/C22H22N2O3/c1-2-27-22(26)20(14-17-15-23-19-11-7-6-10-18(17)19)24-21(25)13-12-16-8-4-3-5-9-16/h3-13,15,20,23H,2,14H2,1H3,(H,24,25)/b13-12+.